The van der Waals surface area contributed by atoms with Crippen LogP contribution in [0.1, 0.15) is 35.5 Å². The molecule has 106 valence electrons. The third kappa shape index (κ3) is 3.78. The number of methoxy groups -OCH3 is 1. The van der Waals surface area contributed by atoms with Crippen molar-refractivity contribution in [1.29, 1.82) is 0 Å². The van der Waals surface area contributed by atoms with Crippen molar-refractivity contribution in [3.63, 3.8) is 0 Å². The van der Waals surface area contributed by atoms with Gasteiger partial charge in [0.15, 0.2) is 0 Å². The Bertz CT molecular complexity index is 442. The van der Waals surface area contributed by atoms with Crippen LogP contribution in [0.3, 0.4) is 0 Å². The second-order valence-corrected chi connectivity index (χ2v) is 6.70. The molecule has 1 N–H and O–H groups in total. The third-order valence-electron chi connectivity index (χ3n) is 3.25. The Labute approximate surface area is 118 Å². The fourth-order valence-corrected chi connectivity index (χ4v) is 3.14. The molecule has 1 saturated heterocycles. The fraction of sp³-hybridized carbons (Fsp3) is 0.643. The second kappa shape index (κ2) is 6.03. The van der Waals surface area contributed by atoms with E-state index in [0.29, 0.717) is 18.7 Å². The van der Waals surface area contributed by atoms with Gasteiger partial charge in [0.25, 0.3) is 5.91 Å². The van der Waals surface area contributed by atoms with Crippen LogP contribution in [0.2, 0.25) is 0 Å². The molecule has 0 aromatic carbocycles. The highest BCUT2D eigenvalue weighted by Gasteiger charge is 2.32. The molecule has 2 rings (SSSR count). The predicted molar refractivity (Wildman–Crippen MR) is 75.5 cm³/mol. The topological polar surface area (TPSA) is 47.6 Å². The van der Waals surface area contributed by atoms with Gasteiger partial charge in [0.05, 0.1) is 24.9 Å². The molecular formula is C14H21NO3S. The highest BCUT2D eigenvalue weighted by molar-refractivity contribution is 7.10. The molecule has 1 aliphatic rings. The Hall–Kier alpha value is -0.910. The predicted octanol–water partition coefficient (Wildman–Crippen LogP) is 2.44. The zero-order valence-corrected chi connectivity index (χ0v) is 12.5. The van der Waals surface area contributed by atoms with Crippen LogP contribution in [0.4, 0.5) is 0 Å². The molecule has 1 aromatic rings. The van der Waals surface area contributed by atoms with Crippen LogP contribution in [0.15, 0.2) is 11.4 Å². The minimum absolute atomic E-state index is 0.0402. The van der Waals surface area contributed by atoms with Crippen molar-refractivity contribution in [2.24, 2.45) is 5.41 Å². The fourth-order valence-electron chi connectivity index (χ4n) is 2.30. The summed E-state index contributed by atoms with van der Waals surface area (Å²) in [4.78, 5) is 13.1. The maximum Gasteiger partial charge on any atom is 0.252 e. The maximum absolute atomic E-state index is 12.1. The van der Waals surface area contributed by atoms with Crippen molar-refractivity contribution < 1.29 is 14.3 Å². The summed E-state index contributed by atoms with van der Waals surface area (Å²) in [7, 11) is 1.63. The molecular weight excluding hydrogens is 262 g/mol. The summed E-state index contributed by atoms with van der Waals surface area (Å²) in [5, 5.41) is 4.87. The number of carbonyl (C=O) groups excluding carboxylic acids is 1. The smallest absolute Gasteiger partial charge is 0.252 e. The Morgan fingerprint density at radius 3 is 3.05 bits per heavy atom. The van der Waals surface area contributed by atoms with E-state index in [1.807, 2.05) is 11.4 Å². The van der Waals surface area contributed by atoms with E-state index in [1.165, 1.54) is 0 Å². The molecule has 19 heavy (non-hydrogen) atoms. The summed E-state index contributed by atoms with van der Waals surface area (Å²) in [6.07, 6.45) is 1.12. The number of nitrogens with one attached hydrogen (secondary N) is 1. The van der Waals surface area contributed by atoms with E-state index in [2.05, 4.69) is 19.2 Å². The number of carbonyl (C=O) groups is 1. The second-order valence-electron chi connectivity index (χ2n) is 5.70. The average molecular weight is 283 g/mol. The largest absolute Gasteiger partial charge is 0.379 e. The molecule has 1 atom stereocenters. The molecule has 5 heteroatoms. The minimum atomic E-state index is -0.0402. The van der Waals surface area contributed by atoms with Gasteiger partial charge >= 0.3 is 0 Å². The number of hydrogen-bond acceptors (Lipinski definition) is 4. The Morgan fingerprint density at radius 1 is 1.63 bits per heavy atom. The van der Waals surface area contributed by atoms with Crippen LogP contribution >= 0.6 is 11.3 Å². The lowest BCUT2D eigenvalue weighted by Crippen LogP contribution is -2.32. The van der Waals surface area contributed by atoms with Crippen LogP contribution in [-0.4, -0.2) is 32.3 Å². The van der Waals surface area contributed by atoms with Crippen LogP contribution < -0.4 is 5.32 Å². The maximum atomic E-state index is 12.1. The van der Waals surface area contributed by atoms with Crippen molar-refractivity contribution in [2.75, 3.05) is 20.3 Å². The summed E-state index contributed by atoms with van der Waals surface area (Å²) >= 11 is 1.54. The molecule has 4 nitrogen and oxygen atoms in total. The van der Waals surface area contributed by atoms with Crippen LogP contribution in [0, 0.1) is 5.41 Å². The van der Waals surface area contributed by atoms with E-state index < -0.39 is 0 Å². The SMILES string of the molecule is COCc1sccc1C(=O)NCC1CC(C)(C)CO1. The van der Waals surface area contributed by atoms with Gasteiger partial charge in [-0.3, -0.25) is 4.79 Å². The molecule has 1 fully saturated rings. The van der Waals surface area contributed by atoms with Gasteiger partial charge in [-0.25, -0.2) is 0 Å². The van der Waals surface area contributed by atoms with Gasteiger partial charge in [0.2, 0.25) is 0 Å². The van der Waals surface area contributed by atoms with E-state index in [0.717, 1.165) is 17.9 Å². The Kier molecular flexibility index (Phi) is 4.60. The lowest BCUT2D eigenvalue weighted by atomic mass is 9.91. The number of amides is 1. The van der Waals surface area contributed by atoms with Gasteiger partial charge in [0, 0.05) is 18.5 Å². The van der Waals surface area contributed by atoms with Gasteiger partial charge in [-0.15, -0.1) is 11.3 Å². The molecule has 1 aromatic heterocycles. The first kappa shape index (κ1) is 14.5. The van der Waals surface area contributed by atoms with Crippen molar-refractivity contribution >= 4 is 17.2 Å². The molecule has 1 unspecified atom stereocenters. The first-order chi connectivity index (χ1) is 9.02. The lowest BCUT2D eigenvalue weighted by Gasteiger charge is -2.14. The first-order valence-electron chi connectivity index (χ1n) is 6.47. The van der Waals surface area contributed by atoms with E-state index in [9.17, 15) is 4.79 Å². The zero-order valence-electron chi connectivity index (χ0n) is 11.7. The molecule has 0 spiro atoms. The van der Waals surface area contributed by atoms with E-state index in [-0.39, 0.29) is 17.4 Å². The van der Waals surface area contributed by atoms with Crippen molar-refractivity contribution in [3.8, 4) is 0 Å². The van der Waals surface area contributed by atoms with E-state index in [4.69, 9.17) is 9.47 Å². The van der Waals surface area contributed by atoms with Gasteiger partial charge in [0.1, 0.15) is 0 Å². The van der Waals surface area contributed by atoms with Crippen molar-refractivity contribution in [2.45, 2.75) is 33.0 Å². The van der Waals surface area contributed by atoms with Gasteiger partial charge in [-0.1, -0.05) is 13.8 Å². The van der Waals surface area contributed by atoms with Gasteiger partial charge in [-0.05, 0) is 23.3 Å². The van der Waals surface area contributed by atoms with Crippen LogP contribution in [0.5, 0.6) is 0 Å². The molecule has 2 heterocycles. The number of hydrogen-bond donors (Lipinski definition) is 1. The van der Waals surface area contributed by atoms with Crippen LogP contribution in [-0.2, 0) is 16.1 Å². The molecule has 1 aliphatic heterocycles. The minimum Gasteiger partial charge on any atom is -0.379 e. The summed E-state index contributed by atoms with van der Waals surface area (Å²) < 4.78 is 10.8. The van der Waals surface area contributed by atoms with Crippen molar-refractivity contribution in [3.05, 3.63) is 21.9 Å². The summed E-state index contributed by atoms with van der Waals surface area (Å²) in [6.45, 7) is 6.19. The first-order valence-corrected chi connectivity index (χ1v) is 7.35. The normalized spacial score (nSPS) is 21.5. The quantitative estimate of drug-likeness (QED) is 0.903. The highest BCUT2D eigenvalue weighted by Crippen LogP contribution is 2.30. The highest BCUT2D eigenvalue weighted by atomic mass is 32.1. The van der Waals surface area contributed by atoms with Gasteiger partial charge < -0.3 is 14.8 Å². The molecule has 0 aliphatic carbocycles. The Morgan fingerprint density at radius 2 is 2.42 bits per heavy atom. The monoisotopic (exact) mass is 283 g/mol. The lowest BCUT2D eigenvalue weighted by molar-refractivity contribution is 0.0829. The summed E-state index contributed by atoms with van der Waals surface area (Å²) in [5.74, 6) is -0.0402. The number of thiophene rings is 1. The van der Waals surface area contributed by atoms with Crippen LogP contribution in [0.25, 0.3) is 0 Å². The Balaban J connectivity index is 1.86. The zero-order chi connectivity index (χ0) is 13.9. The van der Waals surface area contributed by atoms with E-state index in [1.54, 1.807) is 18.4 Å². The molecule has 0 radical (unpaired) electrons. The van der Waals surface area contributed by atoms with E-state index >= 15 is 0 Å². The molecule has 0 bridgehead atoms. The van der Waals surface area contributed by atoms with Crippen molar-refractivity contribution in [1.82, 2.24) is 5.32 Å². The third-order valence-corrected chi connectivity index (χ3v) is 4.14. The number of rotatable bonds is 5. The summed E-state index contributed by atoms with van der Waals surface area (Å²) in [6, 6.07) is 1.84. The standard InChI is InChI=1S/C14H21NO3S/c1-14(2)6-10(18-9-14)7-15-13(16)11-4-5-19-12(11)8-17-3/h4-5,10H,6-9H2,1-3H3,(H,15,16). The average Bonchev–Trinajstić information content (AvgIpc) is 2.93. The molecule has 0 saturated carbocycles. The summed E-state index contributed by atoms with van der Waals surface area (Å²) in [5.41, 5.74) is 0.933. The molecule has 1 amide bonds. The number of ether oxygens (including phenoxy) is 2. The van der Waals surface area contributed by atoms with Gasteiger partial charge in [-0.2, -0.15) is 0 Å².